The summed E-state index contributed by atoms with van der Waals surface area (Å²) in [6, 6.07) is 15.1. The first-order chi connectivity index (χ1) is 13.8. The Morgan fingerprint density at radius 2 is 1.97 bits per heavy atom. The molecular weight excluding hydrogens is 392 g/mol. The lowest BCUT2D eigenvalue weighted by Gasteiger charge is -2.29. The van der Waals surface area contributed by atoms with Crippen molar-refractivity contribution in [3.8, 4) is 6.07 Å². The minimum Gasteiger partial charge on any atom is -0.465 e. The monoisotopic (exact) mass is 410 g/mol. The Labute approximate surface area is 173 Å². The molecule has 1 aliphatic rings. The number of halogens is 1. The van der Waals surface area contributed by atoms with Crippen molar-refractivity contribution in [1.29, 1.82) is 5.26 Å². The van der Waals surface area contributed by atoms with Crippen LogP contribution in [-0.4, -0.2) is 24.4 Å². The van der Waals surface area contributed by atoms with Gasteiger partial charge in [0.05, 0.1) is 24.3 Å². The van der Waals surface area contributed by atoms with Crippen LogP contribution in [0.25, 0.3) is 0 Å². The van der Waals surface area contributed by atoms with Crippen molar-refractivity contribution in [3.63, 3.8) is 0 Å². The Kier molecular flexibility index (Phi) is 5.71. The minimum atomic E-state index is -1.93. The lowest BCUT2D eigenvalue weighted by molar-refractivity contribution is -0.151. The number of imide groups is 1. The molecule has 0 spiro atoms. The maximum atomic E-state index is 13.3. The zero-order chi connectivity index (χ0) is 21.2. The number of hydrogen-bond acceptors (Lipinski definition) is 5. The van der Waals surface area contributed by atoms with Gasteiger partial charge in [-0.15, -0.1) is 0 Å². The van der Waals surface area contributed by atoms with Crippen molar-refractivity contribution in [2.45, 2.75) is 25.7 Å². The third-order valence-corrected chi connectivity index (χ3v) is 5.25. The van der Waals surface area contributed by atoms with Gasteiger partial charge in [0.15, 0.2) is 5.41 Å². The van der Waals surface area contributed by atoms with Crippen LogP contribution in [0.15, 0.2) is 48.5 Å². The fraction of sp³-hybridized carbons (Fsp3) is 0.273. The highest BCUT2D eigenvalue weighted by atomic mass is 35.5. The summed E-state index contributed by atoms with van der Waals surface area (Å²) in [5.41, 5.74) is -0.374. The van der Waals surface area contributed by atoms with Crippen LogP contribution in [0.1, 0.15) is 24.5 Å². The summed E-state index contributed by atoms with van der Waals surface area (Å²) < 4.78 is 5.17. The van der Waals surface area contributed by atoms with E-state index >= 15 is 0 Å². The third kappa shape index (κ3) is 3.50. The molecule has 1 fully saturated rings. The SMILES string of the molecule is CCOC(=O)[C@](C#N)(c1ccc(C)cc1)[C@@H]1CC(=O)N(c2cccc(Cl)c2)C1=O. The highest BCUT2D eigenvalue weighted by molar-refractivity contribution is 6.31. The van der Waals surface area contributed by atoms with Crippen LogP contribution in [0.3, 0.4) is 0 Å². The molecule has 0 bridgehead atoms. The fourth-order valence-electron chi connectivity index (χ4n) is 3.57. The van der Waals surface area contributed by atoms with Crippen molar-refractivity contribution in [2.75, 3.05) is 11.5 Å². The molecule has 7 heteroatoms. The summed E-state index contributed by atoms with van der Waals surface area (Å²) in [7, 11) is 0. The van der Waals surface area contributed by atoms with Crippen LogP contribution in [0, 0.1) is 24.2 Å². The number of nitrogens with zero attached hydrogens (tertiary/aromatic N) is 2. The lowest BCUT2D eigenvalue weighted by atomic mass is 9.70. The number of carbonyl (C=O) groups excluding carboxylic acids is 3. The first-order valence-electron chi connectivity index (χ1n) is 9.13. The summed E-state index contributed by atoms with van der Waals surface area (Å²) in [5.74, 6) is -3.18. The largest absolute Gasteiger partial charge is 0.465 e. The second-order valence-corrected chi connectivity index (χ2v) is 7.25. The van der Waals surface area contributed by atoms with E-state index < -0.39 is 29.1 Å². The number of amides is 2. The molecule has 1 heterocycles. The van der Waals surface area contributed by atoms with Gasteiger partial charge in [0.2, 0.25) is 11.8 Å². The van der Waals surface area contributed by atoms with Gasteiger partial charge < -0.3 is 4.74 Å². The van der Waals surface area contributed by atoms with Crippen LogP contribution >= 0.6 is 11.6 Å². The molecule has 0 radical (unpaired) electrons. The minimum absolute atomic E-state index is 0.0426. The molecule has 0 saturated carbocycles. The van der Waals surface area contributed by atoms with Crippen LogP contribution in [-0.2, 0) is 24.5 Å². The Bertz CT molecular complexity index is 1010. The van der Waals surface area contributed by atoms with E-state index in [0.717, 1.165) is 10.5 Å². The molecule has 29 heavy (non-hydrogen) atoms. The van der Waals surface area contributed by atoms with Crippen LogP contribution < -0.4 is 4.90 Å². The topological polar surface area (TPSA) is 87.5 Å². The molecule has 2 atom stereocenters. The Morgan fingerprint density at radius 1 is 1.28 bits per heavy atom. The normalized spacial score (nSPS) is 18.3. The standard InChI is InChI=1S/C22H19ClN2O4/c1-3-29-21(28)22(13-24,15-9-7-14(2)8-10-15)18-12-19(26)25(20(18)27)17-6-4-5-16(23)11-17/h4-11,18H,3,12H2,1-2H3/t18-,22-/m1/s1. The van der Waals surface area contributed by atoms with Crippen LogP contribution in [0.5, 0.6) is 0 Å². The molecule has 0 N–H and O–H groups in total. The average molecular weight is 411 g/mol. The fourth-order valence-corrected chi connectivity index (χ4v) is 3.75. The van der Waals surface area contributed by atoms with Crippen molar-refractivity contribution in [2.24, 2.45) is 5.92 Å². The Morgan fingerprint density at radius 3 is 2.55 bits per heavy atom. The number of anilines is 1. The molecule has 2 aromatic rings. The lowest BCUT2D eigenvalue weighted by Crippen LogP contribution is -2.47. The highest BCUT2D eigenvalue weighted by Gasteiger charge is 2.58. The molecule has 3 rings (SSSR count). The smallest absolute Gasteiger partial charge is 0.331 e. The van der Waals surface area contributed by atoms with E-state index in [-0.39, 0.29) is 13.0 Å². The number of carbonyl (C=O) groups is 3. The summed E-state index contributed by atoms with van der Waals surface area (Å²) in [6.07, 6.45) is -0.286. The van der Waals surface area contributed by atoms with Gasteiger partial charge in [-0.2, -0.15) is 5.26 Å². The van der Waals surface area contributed by atoms with Gasteiger partial charge in [-0.25, -0.2) is 4.79 Å². The molecule has 1 aliphatic heterocycles. The summed E-state index contributed by atoms with van der Waals surface area (Å²) in [5, 5.41) is 10.5. The number of ether oxygens (including phenoxy) is 1. The van der Waals surface area contributed by atoms with Gasteiger partial charge in [0, 0.05) is 11.4 Å². The second kappa shape index (κ2) is 8.06. The Hall–Kier alpha value is -3.17. The quantitative estimate of drug-likeness (QED) is 0.555. The number of nitriles is 1. The van der Waals surface area contributed by atoms with Crippen LogP contribution in [0.2, 0.25) is 5.02 Å². The summed E-state index contributed by atoms with van der Waals surface area (Å²) in [6.45, 7) is 3.53. The van der Waals surface area contributed by atoms with Gasteiger partial charge in [-0.3, -0.25) is 14.5 Å². The zero-order valence-corrected chi connectivity index (χ0v) is 16.8. The van der Waals surface area contributed by atoms with Crippen molar-refractivity contribution >= 4 is 35.1 Å². The third-order valence-electron chi connectivity index (χ3n) is 5.02. The predicted octanol–water partition coefficient (Wildman–Crippen LogP) is 3.55. The van der Waals surface area contributed by atoms with E-state index in [1.807, 2.05) is 13.0 Å². The summed E-state index contributed by atoms with van der Waals surface area (Å²) >= 11 is 6.00. The van der Waals surface area contributed by atoms with Gasteiger partial charge in [-0.1, -0.05) is 47.5 Å². The van der Waals surface area contributed by atoms with Gasteiger partial charge in [0.1, 0.15) is 0 Å². The number of benzene rings is 2. The molecule has 0 aromatic heterocycles. The molecular formula is C22H19ClN2O4. The molecule has 148 valence electrons. The second-order valence-electron chi connectivity index (χ2n) is 6.81. The van der Waals surface area contributed by atoms with E-state index in [1.54, 1.807) is 49.4 Å². The van der Waals surface area contributed by atoms with Crippen molar-refractivity contribution in [3.05, 3.63) is 64.7 Å². The average Bonchev–Trinajstić information content (AvgIpc) is 2.99. The van der Waals surface area contributed by atoms with E-state index in [9.17, 15) is 19.6 Å². The van der Waals surface area contributed by atoms with E-state index in [4.69, 9.17) is 16.3 Å². The molecule has 1 saturated heterocycles. The Balaban J connectivity index is 2.12. The summed E-state index contributed by atoms with van der Waals surface area (Å²) in [4.78, 5) is 40.0. The van der Waals surface area contributed by atoms with Gasteiger partial charge in [0.25, 0.3) is 0 Å². The van der Waals surface area contributed by atoms with Crippen molar-refractivity contribution < 1.29 is 19.1 Å². The van der Waals surface area contributed by atoms with Gasteiger partial charge >= 0.3 is 5.97 Å². The highest BCUT2D eigenvalue weighted by Crippen LogP contribution is 2.42. The van der Waals surface area contributed by atoms with E-state index in [1.165, 1.54) is 6.07 Å². The molecule has 6 nitrogen and oxygen atoms in total. The number of hydrogen-bond donors (Lipinski definition) is 0. The number of rotatable bonds is 5. The predicted molar refractivity (Wildman–Crippen MR) is 107 cm³/mol. The zero-order valence-electron chi connectivity index (χ0n) is 16.0. The molecule has 0 unspecified atom stereocenters. The van der Waals surface area contributed by atoms with E-state index in [0.29, 0.717) is 16.3 Å². The maximum absolute atomic E-state index is 13.3. The van der Waals surface area contributed by atoms with Crippen LogP contribution in [0.4, 0.5) is 5.69 Å². The molecule has 2 aromatic carbocycles. The first kappa shape index (κ1) is 20.6. The number of aryl methyl sites for hydroxylation is 1. The molecule has 0 aliphatic carbocycles. The van der Waals surface area contributed by atoms with Crippen molar-refractivity contribution in [1.82, 2.24) is 0 Å². The van der Waals surface area contributed by atoms with E-state index in [2.05, 4.69) is 0 Å². The maximum Gasteiger partial charge on any atom is 0.331 e. The number of esters is 1. The van der Waals surface area contributed by atoms with Gasteiger partial charge in [-0.05, 0) is 37.6 Å². The first-order valence-corrected chi connectivity index (χ1v) is 9.51. The molecule has 2 amide bonds.